The average Bonchev–Trinajstić information content (AvgIpc) is 3.22. The van der Waals surface area contributed by atoms with E-state index in [-0.39, 0.29) is 36.9 Å². The molecular formula is C23H29F3N2O4. The highest BCUT2D eigenvalue weighted by molar-refractivity contribution is 5.84. The molecule has 1 saturated carbocycles. The number of hydrogen-bond acceptors (Lipinski definition) is 5. The molecule has 0 aromatic carbocycles. The topological polar surface area (TPSA) is 68.7 Å². The van der Waals surface area contributed by atoms with Crippen molar-refractivity contribution in [3.05, 3.63) is 29.1 Å². The van der Waals surface area contributed by atoms with E-state index in [1.54, 1.807) is 4.90 Å². The maximum absolute atomic E-state index is 13.6. The zero-order valence-corrected chi connectivity index (χ0v) is 18.6. The van der Waals surface area contributed by atoms with Crippen molar-refractivity contribution >= 4 is 11.9 Å². The number of rotatable bonds is 3. The Bertz CT molecular complexity index is 911. The fraction of sp³-hybridized carbons (Fsp3) is 0.696. The van der Waals surface area contributed by atoms with E-state index in [9.17, 15) is 22.8 Å². The standard InChI is InChI=1S/C23H29F3N2O4/c1-21(2,3)32-19(29)9-14-8-18-22(11-14,5-7-31-18)20(30)28-6-4-17-15(13-28)10-16(12-27-17)23(24,25)26/h10,12,14,18H,4-9,11,13H2,1-3H3/t14-,18+,22+/m0/s1. The molecule has 32 heavy (non-hydrogen) atoms. The minimum atomic E-state index is -4.47. The minimum absolute atomic E-state index is 0.0188. The van der Waals surface area contributed by atoms with Crippen LogP contribution in [0.5, 0.6) is 0 Å². The average molecular weight is 454 g/mol. The van der Waals surface area contributed by atoms with Gasteiger partial charge < -0.3 is 14.4 Å². The first-order chi connectivity index (χ1) is 14.9. The third kappa shape index (κ3) is 4.49. The normalized spacial score (nSPS) is 27.8. The van der Waals surface area contributed by atoms with Gasteiger partial charge in [0.2, 0.25) is 5.91 Å². The quantitative estimate of drug-likeness (QED) is 0.648. The number of hydrogen-bond donors (Lipinski definition) is 0. The van der Waals surface area contributed by atoms with Crippen molar-refractivity contribution in [2.24, 2.45) is 11.3 Å². The SMILES string of the molecule is CC(C)(C)OC(=O)C[C@@H]1C[C@H]2OCC[C@@]2(C(=O)N2CCc3ncc(C(F)(F)F)cc3C2)C1. The molecule has 1 aromatic heterocycles. The lowest BCUT2D eigenvalue weighted by Crippen LogP contribution is -2.48. The zero-order valence-electron chi connectivity index (χ0n) is 18.6. The predicted molar refractivity (Wildman–Crippen MR) is 108 cm³/mol. The smallest absolute Gasteiger partial charge is 0.417 e. The van der Waals surface area contributed by atoms with Crippen molar-refractivity contribution in [1.82, 2.24) is 9.88 Å². The number of fused-ring (bicyclic) bond motifs is 2. The molecule has 0 N–H and O–H groups in total. The molecule has 1 saturated heterocycles. The lowest BCUT2D eigenvalue weighted by molar-refractivity contribution is -0.156. The van der Waals surface area contributed by atoms with Crippen LogP contribution in [-0.4, -0.2) is 46.6 Å². The van der Waals surface area contributed by atoms with E-state index in [0.717, 1.165) is 12.3 Å². The van der Waals surface area contributed by atoms with Gasteiger partial charge in [0.25, 0.3) is 0 Å². The number of carbonyl (C=O) groups is 2. The Morgan fingerprint density at radius 1 is 1.31 bits per heavy atom. The van der Waals surface area contributed by atoms with Crippen LogP contribution in [-0.2, 0) is 38.2 Å². The summed E-state index contributed by atoms with van der Waals surface area (Å²) in [6.07, 6.45) is -1.55. The van der Waals surface area contributed by atoms with Crippen LogP contribution < -0.4 is 0 Å². The van der Waals surface area contributed by atoms with E-state index in [1.165, 1.54) is 0 Å². The van der Waals surface area contributed by atoms with Gasteiger partial charge in [0, 0.05) is 44.4 Å². The molecule has 1 amide bonds. The molecule has 0 radical (unpaired) electrons. The molecule has 3 atom stereocenters. The molecule has 9 heteroatoms. The molecule has 1 aliphatic carbocycles. The fourth-order valence-electron chi connectivity index (χ4n) is 5.31. The van der Waals surface area contributed by atoms with E-state index >= 15 is 0 Å². The summed E-state index contributed by atoms with van der Waals surface area (Å²) in [5, 5.41) is 0. The van der Waals surface area contributed by atoms with Gasteiger partial charge >= 0.3 is 12.1 Å². The van der Waals surface area contributed by atoms with Gasteiger partial charge in [0.1, 0.15) is 5.60 Å². The molecule has 6 nitrogen and oxygen atoms in total. The van der Waals surface area contributed by atoms with Crippen molar-refractivity contribution in [2.75, 3.05) is 13.2 Å². The summed E-state index contributed by atoms with van der Waals surface area (Å²) < 4.78 is 50.6. The van der Waals surface area contributed by atoms with Crippen LogP contribution >= 0.6 is 0 Å². The number of esters is 1. The van der Waals surface area contributed by atoms with Crippen molar-refractivity contribution in [3.8, 4) is 0 Å². The third-order valence-electron chi connectivity index (χ3n) is 6.64. The van der Waals surface area contributed by atoms with Gasteiger partial charge in [0.15, 0.2) is 0 Å². The molecule has 0 spiro atoms. The summed E-state index contributed by atoms with van der Waals surface area (Å²) in [4.78, 5) is 31.6. The number of nitrogens with zero attached hydrogens (tertiary/aromatic N) is 2. The van der Waals surface area contributed by atoms with Gasteiger partial charge in [-0.05, 0) is 57.6 Å². The first kappa shape index (κ1) is 23.0. The Hall–Kier alpha value is -2.16. The van der Waals surface area contributed by atoms with Crippen LogP contribution in [0.4, 0.5) is 13.2 Å². The van der Waals surface area contributed by atoms with E-state index < -0.39 is 22.8 Å². The molecular weight excluding hydrogens is 425 g/mol. The fourth-order valence-corrected chi connectivity index (χ4v) is 5.31. The molecule has 3 heterocycles. The maximum Gasteiger partial charge on any atom is 0.417 e. The Morgan fingerprint density at radius 3 is 2.75 bits per heavy atom. The van der Waals surface area contributed by atoms with Crippen molar-refractivity contribution in [2.45, 2.75) is 77.3 Å². The second-order valence-corrected chi connectivity index (χ2v) is 10.2. The number of alkyl halides is 3. The Labute approximate surface area is 185 Å². The predicted octanol–water partition coefficient (Wildman–Crippen LogP) is 3.90. The van der Waals surface area contributed by atoms with Gasteiger partial charge in [-0.25, -0.2) is 0 Å². The lowest BCUT2D eigenvalue weighted by Gasteiger charge is -2.36. The second kappa shape index (κ2) is 8.01. The second-order valence-electron chi connectivity index (χ2n) is 10.2. The number of aromatic nitrogens is 1. The molecule has 2 fully saturated rings. The summed E-state index contributed by atoms with van der Waals surface area (Å²) in [6, 6.07) is 1.10. The Kier molecular flexibility index (Phi) is 5.76. The number of amides is 1. The van der Waals surface area contributed by atoms with Crippen molar-refractivity contribution < 1.29 is 32.2 Å². The lowest BCUT2D eigenvalue weighted by atomic mass is 9.79. The Morgan fingerprint density at radius 2 is 2.06 bits per heavy atom. The van der Waals surface area contributed by atoms with E-state index in [0.29, 0.717) is 50.1 Å². The number of ether oxygens (including phenoxy) is 2. The molecule has 2 aliphatic heterocycles. The van der Waals surface area contributed by atoms with Crippen LogP contribution in [0, 0.1) is 11.3 Å². The summed E-state index contributed by atoms with van der Waals surface area (Å²) in [5.74, 6) is -0.396. The van der Waals surface area contributed by atoms with Crippen LogP contribution in [0.15, 0.2) is 12.3 Å². The highest BCUT2D eigenvalue weighted by atomic mass is 19.4. The molecule has 4 rings (SSSR count). The van der Waals surface area contributed by atoms with Crippen LogP contribution in [0.25, 0.3) is 0 Å². The van der Waals surface area contributed by atoms with Gasteiger partial charge in [-0.15, -0.1) is 0 Å². The Balaban J connectivity index is 1.48. The number of halogens is 3. The van der Waals surface area contributed by atoms with Gasteiger partial charge in [-0.1, -0.05) is 0 Å². The summed E-state index contributed by atoms with van der Waals surface area (Å²) in [7, 11) is 0. The van der Waals surface area contributed by atoms with Crippen LogP contribution in [0.3, 0.4) is 0 Å². The first-order valence-electron chi connectivity index (χ1n) is 11.1. The monoisotopic (exact) mass is 454 g/mol. The zero-order chi connectivity index (χ0) is 23.3. The molecule has 3 aliphatic rings. The van der Waals surface area contributed by atoms with E-state index in [1.807, 2.05) is 20.8 Å². The highest BCUT2D eigenvalue weighted by Crippen LogP contribution is 2.52. The van der Waals surface area contributed by atoms with Gasteiger partial charge in [-0.3, -0.25) is 14.6 Å². The largest absolute Gasteiger partial charge is 0.460 e. The van der Waals surface area contributed by atoms with E-state index in [4.69, 9.17) is 9.47 Å². The summed E-state index contributed by atoms with van der Waals surface area (Å²) >= 11 is 0. The molecule has 0 bridgehead atoms. The van der Waals surface area contributed by atoms with E-state index in [2.05, 4.69) is 4.98 Å². The maximum atomic E-state index is 13.6. The van der Waals surface area contributed by atoms with Crippen molar-refractivity contribution in [3.63, 3.8) is 0 Å². The summed E-state index contributed by atoms with van der Waals surface area (Å²) in [6.45, 7) is 6.44. The first-order valence-corrected chi connectivity index (χ1v) is 11.1. The van der Waals surface area contributed by atoms with Crippen molar-refractivity contribution in [1.29, 1.82) is 0 Å². The highest BCUT2D eigenvalue weighted by Gasteiger charge is 2.57. The minimum Gasteiger partial charge on any atom is -0.460 e. The van der Waals surface area contributed by atoms with Gasteiger partial charge in [0.05, 0.1) is 17.1 Å². The molecule has 176 valence electrons. The third-order valence-corrected chi connectivity index (χ3v) is 6.64. The molecule has 1 aromatic rings. The summed E-state index contributed by atoms with van der Waals surface area (Å²) in [5.41, 5.74) is -1.05. The van der Waals surface area contributed by atoms with Gasteiger partial charge in [-0.2, -0.15) is 13.2 Å². The van der Waals surface area contributed by atoms with Crippen LogP contribution in [0.2, 0.25) is 0 Å². The van der Waals surface area contributed by atoms with Crippen LogP contribution in [0.1, 0.15) is 63.3 Å². The molecule has 0 unspecified atom stereocenters. The number of carbonyl (C=O) groups excluding carboxylic acids is 2. The number of pyridine rings is 1.